The summed E-state index contributed by atoms with van der Waals surface area (Å²) in [6, 6.07) is 59.2. The van der Waals surface area contributed by atoms with Crippen LogP contribution in [0.25, 0.3) is 0 Å². The number of fused-ring (bicyclic) bond motifs is 4. The van der Waals surface area contributed by atoms with Crippen molar-refractivity contribution in [3.05, 3.63) is 197 Å². The van der Waals surface area contributed by atoms with Gasteiger partial charge >= 0.3 is 0 Å². The summed E-state index contributed by atoms with van der Waals surface area (Å²) in [6.07, 6.45) is 0. The van der Waals surface area contributed by atoms with Crippen LogP contribution in [0.4, 0.5) is 34.1 Å². The van der Waals surface area contributed by atoms with Gasteiger partial charge in [-0.2, -0.15) is 0 Å². The van der Waals surface area contributed by atoms with Gasteiger partial charge in [0.15, 0.2) is 0 Å². The molecule has 0 spiro atoms. The summed E-state index contributed by atoms with van der Waals surface area (Å²) in [5.74, 6) is 0. The Morgan fingerprint density at radius 1 is 0.392 bits per heavy atom. The van der Waals surface area contributed by atoms with Crippen molar-refractivity contribution in [3.8, 4) is 0 Å². The topological polar surface area (TPSA) is 6.48 Å². The molecule has 2 nitrogen and oxygen atoms in total. The van der Waals surface area contributed by atoms with Gasteiger partial charge in [0.2, 0.25) is 0 Å². The maximum atomic E-state index is 2.53. The molecule has 0 fully saturated rings. The molecular weight excluding hydrogens is 615 g/mol. The van der Waals surface area contributed by atoms with Crippen LogP contribution in [-0.4, -0.2) is 6.71 Å². The lowest BCUT2D eigenvalue weighted by Crippen LogP contribution is -2.61. The van der Waals surface area contributed by atoms with Gasteiger partial charge in [0, 0.05) is 39.5 Å². The van der Waals surface area contributed by atoms with Crippen LogP contribution in [-0.2, 0) is 5.41 Å². The molecule has 0 atom stereocenters. The summed E-state index contributed by atoms with van der Waals surface area (Å²) < 4.78 is 0. The molecular formula is C48H41BN2. The molecule has 0 saturated carbocycles. The molecule has 7 aromatic rings. The number of rotatable bonds is 5. The van der Waals surface area contributed by atoms with Crippen LogP contribution >= 0.6 is 0 Å². The average molecular weight is 657 g/mol. The van der Waals surface area contributed by atoms with Crippen molar-refractivity contribution in [2.75, 3.05) is 9.80 Å². The van der Waals surface area contributed by atoms with Gasteiger partial charge in [-0.05, 0) is 116 Å². The van der Waals surface area contributed by atoms with Gasteiger partial charge in [-0.25, -0.2) is 0 Å². The number of benzene rings is 7. The fraction of sp³-hybridized carbons (Fsp3) is 0.125. The Morgan fingerprint density at radius 2 is 0.784 bits per heavy atom. The summed E-state index contributed by atoms with van der Waals surface area (Å²) in [5.41, 5.74) is 19.7. The predicted molar refractivity (Wildman–Crippen MR) is 218 cm³/mol. The number of nitrogens with zero attached hydrogens (tertiary/aromatic N) is 2. The largest absolute Gasteiger partial charge is 0.311 e. The minimum atomic E-state index is -0.428. The highest BCUT2D eigenvalue weighted by molar-refractivity contribution is 7.00. The molecule has 246 valence electrons. The zero-order valence-electron chi connectivity index (χ0n) is 30.0. The van der Waals surface area contributed by atoms with E-state index >= 15 is 0 Å². The van der Waals surface area contributed by atoms with Crippen molar-refractivity contribution in [3.63, 3.8) is 0 Å². The van der Waals surface area contributed by atoms with E-state index in [0.717, 1.165) is 0 Å². The van der Waals surface area contributed by atoms with Gasteiger partial charge in [0.05, 0.1) is 0 Å². The van der Waals surface area contributed by atoms with Crippen LogP contribution in [0.3, 0.4) is 0 Å². The summed E-state index contributed by atoms with van der Waals surface area (Å²) in [5, 5.41) is 0. The van der Waals surface area contributed by atoms with Gasteiger partial charge in [-0.15, -0.1) is 0 Å². The Labute approximate surface area is 302 Å². The minimum absolute atomic E-state index is 0.0805. The maximum Gasteiger partial charge on any atom is 0.252 e. The van der Waals surface area contributed by atoms with Gasteiger partial charge in [-0.1, -0.05) is 131 Å². The molecule has 0 N–H and O–H groups in total. The van der Waals surface area contributed by atoms with E-state index in [2.05, 4.69) is 202 Å². The van der Waals surface area contributed by atoms with Crippen molar-refractivity contribution in [1.29, 1.82) is 0 Å². The van der Waals surface area contributed by atoms with E-state index in [1.807, 2.05) is 0 Å². The second-order valence-electron chi connectivity index (χ2n) is 14.7. The summed E-state index contributed by atoms with van der Waals surface area (Å²) >= 11 is 0. The van der Waals surface area contributed by atoms with Crippen LogP contribution in [0.5, 0.6) is 0 Å². The third-order valence-corrected chi connectivity index (χ3v) is 11.2. The van der Waals surface area contributed by atoms with Crippen molar-refractivity contribution in [2.45, 2.75) is 40.0 Å². The lowest BCUT2D eigenvalue weighted by atomic mass is 9.33. The molecule has 0 unspecified atom stereocenters. The summed E-state index contributed by atoms with van der Waals surface area (Å²) in [7, 11) is 0. The fourth-order valence-electron chi connectivity index (χ4n) is 8.52. The Balaban J connectivity index is 1.44. The first-order valence-corrected chi connectivity index (χ1v) is 18.1. The molecule has 7 aromatic carbocycles. The number of anilines is 6. The molecule has 0 saturated heterocycles. The van der Waals surface area contributed by atoms with Crippen molar-refractivity contribution in [1.82, 2.24) is 0 Å². The lowest BCUT2D eigenvalue weighted by molar-refractivity contribution is 0.693. The molecule has 51 heavy (non-hydrogen) atoms. The van der Waals surface area contributed by atoms with Crippen LogP contribution in [0, 0.1) is 27.7 Å². The Bertz CT molecular complexity index is 2250. The quantitative estimate of drug-likeness (QED) is 0.134. The Kier molecular flexibility index (Phi) is 7.29. The third kappa shape index (κ3) is 4.94. The molecule has 3 heteroatoms. The van der Waals surface area contributed by atoms with Gasteiger partial charge < -0.3 is 9.80 Å². The van der Waals surface area contributed by atoms with Crippen molar-refractivity contribution >= 4 is 57.2 Å². The first kappa shape index (κ1) is 31.2. The highest BCUT2D eigenvalue weighted by Gasteiger charge is 2.45. The Morgan fingerprint density at radius 3 is 1.20 bits per heavy atom. The molecule has 2 heterocycles. The van der Waals surface area contributed by atoms with E-state index in [-0.39, 0.29) is 6.71 Å². The maximum absolute atomic E-state index is 2.53. The fourth-order valence-corrected chi connectivity index (χ4v) is 8.52. The molecule has 0 aromatic heterocycles. The minimum Gasteiger partial charge on any atom is -0.311 e. The van der Waals surface area contributed by atoms with Crippen LogP contribution in [0.2, 0.25) is 0 Å². The van der Waals surface area contributed by atoms with Gasteiger partial charge in [0.25, 0.3) is 6.71 Å². The number of hydrogen-bond donors (Lipinski definition) is 0. The van der Waals surface area contributed by atoms with Gasteiger partial charge in [-0.3, -0.25) is 0 Å². The van der Waals surface area contributed by atoms with Crippen molar-refractivity contribution < 1.29 is 0 Å². The monoisotopic (exact) mass is 656 g/mol. The molecule has 0 bridgehead atoms. The molecule has 2 aliphatic heterocycles. The molecule has 2 aliphatic rings. The van der Waals surface area contributed by atoms with E-state index < -0.39 is 5.41 Å². The number of aryl methyl sites for hydroxylation is 4. The molecule has 0 amide bonds. The summed E-state index contributed by atoms with van der Waals surface area (Å²) in [4.78, 5) is 5.05. The van der Waals surface area contributed by atoms with Crippen LogP contribution in [0.15, 0.2) is 158 Å². The molecule has 0 radical (unpaired) electrons. The second kappa shape index (κ2) is 11.9. The van der Waals surface area contributed by atoms with E-state index in [4.69, 9.17) is 0 Å². The van der Waals surface area contributed by atoms with Gasteiger partial charge in [0.1, 0.15) is 0 Å². The van der Waals surface area contributed by atoms with E-state index in [9.17, 15) is 0 Å². The second-order valence-corrected chi connectivity index (χ2v) is 14.7. The Hall–Kier alpha value is -5.80. The van der Waals surface area contributed by atoms with Crippen LogP contribution < -0.4 is 26.2 Å². The standard InChI is InChI=1S/C48H41BN2/c1-32-16-22-39(23-17-32)50-43-26-20-34(3)28-41(43)49-42-29-35(4)21-27-44(42)51(40-24-18-33(2)19-25-40)46-31-38(30-45(50)47(46)49)48(5,36-12-8-6-9-13-36)37-14-10-7-11-15-37/h6-31H,1-5H3. The molecule has 0 aliphatic carbocycles. The number of hydrogen-bond acceptors (Lipinski definition) is 2. The first-order valence-electron chi connectivity index (χ1n) is 18.1. The highest BCUT2D eigenvalue weighted by Crippen LogP contribution is 2.48. The van der Waals surface area contributed by atoms with Crippen molar-refractivity contribution in [2.24, 2.45) is 0 Å². The average Bonchev–Trinajstić information content (AvgIpc) is 3.16. The zero-order chi connectivity index (χ0) is 34.9. The zero-order valence-corrected chi connectivity index (χ0v) is 30.0. The lowest BCUT2D eigenvalue weighted by Gasteiger charge is -2.45. The highest BCUT2D eigenvalue weighted by atomic mass is 15.2. The van der Waals surface area contributed by atoms with Crippen LogP contribution in [0.1, 0.15) is 45.9 Å². The predicted octanol–water partition coefficient (Wildman–Crippen LogP) is 10.4. The molecule has 9 rings (SSSR count). The normalized spacial score (nSPS) is 13.1. The smallest absolute Gasteiger partial charge is 0.252 e. The van der Waals surface area contributed by atoms with E-state index in [1.54, 1.807) is 0 Å². The first-order chi connectivity index (χ1) is 24.8. The van der Waals surface area contributed by atoms with E-state index in [0.29, 0.717) is 0 Å². The SMILES string of the molecule is Cc1ccc(N2c3ccc(C)cc3B3c4cc(C)ccc4N(c4ccc(C)cc4)c4cc(C(C)(c5ccccc5)c5ccccc5)cc2c43)cc1. The third-order valence-electron chi connectivity index (χ3n) is 11.2. The summed E-state index contributed by atoms with van der Waals surface area (Å²) in [6.45, 7) is 11.3. The van der Waals surface area contributed by atoms with E-state index in [1.165, 1.54) is 89.5 Å².